The molecule has 0 aliphatic rings. The lowest BCUT2D eigenvalue weighted by molar-refractivity contribution is -0.665. The number of hydrogen-bond donors (Lipinski definition) is 0. The van der Waals surface area contributed by atoms with Gasteiger partial charge in [-0.05, 0) is 61.0 Å². The molecule has 0 aliphatic heterocycles. The maximum atomic E-state index is 7.86. The summed E-state index contributed by atoms with van der Waals surface area (Å²) in [7, 11) is 1.92. The smallest absolute Gasteiger partial charge is 0.236 e. The lowest BCUT2D eigenvalue weighted by atomic mass is 9.83. The van der Waals surface area contributed by atoms with E-state index in [4.69, 9.17) is 4.11 Å². The zero-order chi connectivity index (χ0) is 22.0. The van der Waals surface area contributed by atoms with Crippen molar-refractivity contribution in [2.24, 2.45) is 7.05 Å². The minimum Gasteiger partial charge on any atom is -0.236 e. The number of fused-ring (bicyclic) bond motifs is 3. The zero-order valence-electron chi connectivity index (χ0n) is 20.0. The predicted molar refractivity (Wildman–Crippen MR) is 115 cm³/mol. The van der Waals surface area contributed by atoms with Gasteiger partial charge >= 0.3 is 0 Å². The molecule has 2 nitrogen and oxygen atoms in total. The maximum absolute atomic E-state index is 7.86. The van der Waals surface area contributed by atoms with E-state index in [1.54, 1.807) is 6.20 Å². The van der Waals surface area contributed by atoms with E-state index in [-0.39, 0.29) is 5.41 Å². The van der Waals surface area contributed by atoms with Crippen molar-refractivity contribution in [1.29, 1.82) is 0 Å². The lowest BCUT2D eigenvalue weighted by Gasteiger charge is -2.21. The number of pyridine rings is 1. The Morgan fingerprint density at radius 2 is 1.70 bits per heavy atom. The first-order valence-electron chi connectivity index (χ1n) is 11.0. The van der Waals surface area contributed by atoms with E-state index in [9.17, 15) is 0 Å². The fourth-order valence-electron chi connectivity index (χ4n) is 4.23. The van der Waals surface area contributed by atoms with Crippen LogP contribution < -0.4 is 4.57 Å². The molecule has 0 amide bonds. The van der Waals surface area contributed by atoms with Gasteiger partial charge in [0.2, 0.25) is 0 Å². The van der Waals surface area contributed by atoms with Crippen molar-refractivity contribution in [2.45, 2.75) is 46.9 Å². The summed E-state index contributed by atoms with van der Waals surface area (Å²) in [4.78, 5) is 0. The molecule has 4 aromatic rings. The molecule has 0 saturated heterocycles. The van der Waals surface area contributed by atoms with Gasteiger partial charge in [-0.25, -0.2) is 4.57 Å². The zero-order valence-corrected chi connectivity index (χ0v) is 17.0. The van der Waals surface area contributed by atoms with Gasteiger partial charge in [0, 0.05) is 26.5 Å². The number of nitrogens with zero attached hydrogens (tertiary/aromatic N) is 2. The average molecular weight is 361 g/mol. The Hall–Kier alpha value is -2.61. The summed E-state index contributed by atoms with van der Waals surface area (Å²) in [5.74, 6) is 0.959. The molecule has 2 aromatic heterocycles. The van der Waals surface area contributed by atoms with Crippen molar-refractivity contribution in [3.8, 4) is 5.82 Å². The molecule has 138 valence electrons. The maximum Gasteiger partial charge on any atom is 0.286 e. The highest BCUT2D eigenvalue weighted by atomic mass is 15.1. The second-order valence-corrected chi connectivity index (χ2v) is 8.58. The summed E-state index contributed by atoms with van der Waals surface area (Å²) in [6, 6.07) is 14.9. The Kier molecular flexibility index (Phi) is 3.18. The van der Waals surface area contributed by atoms with Crippen molar-refractivity contribution >= 4 is 21.8 Å². The van der Waals surface area contributed by atoms with E-state index in [0.717, 1.165) is 16.9 Å². The van der Waals surface area contributed by atoms with Crippen molar-refractivity contribution < 1.29 is 8.68 Å². The predicted octanol–water partition coefficient (Wildman–Crippen LogP) is 5.83. The Bertz CT molecular complexity index is 1290. The number of rotatable bonds is 1. The molecule has 0 bridgehead atoms. The van der Waals surface area contributed by atoms with Crippen molar-refractivity contribution in [3.05, 3.63) is 70.9 Å². The normalized spacial score (nSPS) is 14.4. The van der Waals surface area contributed by atoms with Crippen LogP contribution in [0.2, 0.25) is 0 Å². The summed E-state index contributed by atoms with van der Waals surface area (Å²) in [5, 5.41) is 2.42. The minimum atomic E-state index is -2.13. The van der Waals surface area contributed by atoms with E-state index < -0.39 is 6.85 Å². The average Bonchev–Trinajstić information content (AvgIpc) is 2.97. The summed E-state index contributed by atoms with van der Waals surface area (Å²) in [6.07, 6.45) is 1.75. The number of para-hydroxylation sites is 1. The van der Waals surface area contributed by atoms with Crippen LogP contribution in [0.4, 0.5) is 0 Å². The van der Waals surface area contributed by atoms with Crippen LogP contribution in [0.3, 0.4) is 0 Å². The Morgan fingerprint density at radius 3 is 2.41 bits per heavy atom. The standard InChI is InChI=1S/C25H29N2/c1-16-14-23(26(7)15-17(16)2)27-22-11-9-8-10-19(22)20-12-13-21(25(4,5)6)18(3)24(20)27/h8-15H,1-7H3/q+1/i2D3. The van der Waals surface area contributed by atoms with Crippen LogP contribution in [0, 0.1) is 20.7 Å². The van der Waals surface area contributed by atoms with Crippen molar-refractivity contribution in [1.82, 2.24) is 4.57 Å². The lowest BCUT2D eigenvalue weighted by Crippen LogP contribution is -2.34. The Balaban J connectivity index is 2.16. The third-order valence-electron chi connectivity index (χ3n) is 5.58. The Morgan fingerprint density at radius 1 is 0.963 bits per heavy atom. The van der Waals surface area contributed by atoms with Crippen LogP contribution in [0.5, 0.6) is 0 Å². The fraction of sp³-hybridized carbons (Fsp3) is 0.320. The van der Waals surface area contributed by atoms with Crippen LogP contribution in [-0.2, 0) is 12.5 Å². The van der Waals surface area contributed by atoms with Gasteiger partial charge in [-0.3, -0.25) is 0 Å². The van der Waals surface area contributed by atoms with Gasteiger partial charge in [0.15, 0.2) is 0 Å². The number of benzene rings is 2. The van der Waals surface area contributed by atoms with Gasteiger partial charge in [0.1, 0.15) is 11.0 Å². The molecule has 0 unspecified atom stereocenters. The Labute approximate surface area is 166 Å². The van der Waals surface area contributed by atoms with E-state index in [2.05, 4.69) is 68.7 Å². The third kappa shape index (κ3) is 2.66. The highest BCUT2D eigenvalue weighted by Gasteiger charge is 2.26. The van der Waals surface area contributed by atoms with Crippen LogP contribution in [0.25, 0.3) is 27.6 Å². The first kappa shape index (κ1) is 14.4. The molecular formula is C25H29N2+. The molecule has 2 heteroatoms. The molecule has 4 rings (SSSR count). The van der Waals surface area contributed by atoms with Gasteiger partial charge in [-0.1, -0.05) is 39.0 Å². The molecule has 2 heterocycles. The monoisotopic (exact) mass is 360 g/mol. The second-order valence-electron chi connectivity index (χ2n) is 8.58. The van der Waals surface area contributed by atoms with Gasteiger partial charge in [-0.15, -0.1) is 0 Å². The summed E-state index contributed by atoms with van der Waals surface area (Å²) < 4.78 is 27.8. The van der Waals surface area contributed by atoms with Crippen LogP contribution in [0.1, 0.15) is 47.1 Å². The highest BCUT2D eigenvalue weighted by molar-refractivity contribution is 6.10. The number of hydrogen-bond acceptors (Lipinski definition) is 0. The summed E-state index contributed by atoms with van der Waals surface area (Å²) in [5.41, 5.74) is 6.08. The molecule has 27 heavy (non-hydrogen) atoms. The minimum absolute atomic E-state index is 0.0305. The first-order chi connectivity index (χ1) is 13.9. The first-order valence-corrected chi connectivity index (χ1v) is 9.45. The van der Waals surface area contributed by atoms with Crippen molar-refractivity contribution in [2.75, 3.05) is 0 Å². The van der Waals surface area contributed by atoms with Crippen molar-refractivity contribution in [3.63, 3.8) is 0 Å². The van der Waals surface area contributed by atoms with E-state index in [1.807, 2.05) is 24.6 Å². The van der Waals surface area contributed by atoms with Gasteiger partial charge < -0.3 is 0 Å². The molecule has 0 atom stereocenters. The molecular weight excluding hydrogens is 328 g/mol. The van der Waals surface area contributed by atoms with Gasteiger partial charge in [0.25, 0.3) is 5.82 Å². The number of aromatic nitrogens is 2. The molecule has 0 radical (unpaired) electrons. The molecule has 0 N–H and O–H groups in total. The molecule has 0 spiro atoms. The molecule has 0 saturated carbocycles. The van der Waals surface area contributed by atoms with Crippen LogP contribution in [-0.4, -0.2) is 4.57 Å². The van der Waals surface area contributed by atoms with Gasteiger partial charge in [-0.2, -0.15) is 4.57 Å². The summed E-state index contributed by atoms with van der Waals surface area (Å²) in [6.45, 7) is 8.67. The van der Waals surface area contributed by atoms with Crippen LogP contribution >= 0.6 is 0 Å². The largest absolute Gasteiger partial charge is 0.286 e. The number of aryl methyl sites for hydroxylation is 4. The topological polar surface area (TPSA) is 8.81 Å². The van der Waals surface area contributed by atoms with Crippen LogP contribution in [0.15, 0.2) is 48.7 Å². The second kappa shape index (κ2) is 5.95. The van der Waals surface area contributed by atoms with Gasteiger partial charge in [0.05, 0.1) is 13.2 Å². The fourth-order valence-corrected chi connectivity index (χ4v) is 4.23. The summed E-state index contributed by atoms with van der Waals surface area (Å²) >= 11 is 0. The molecule has 0 fully saturated rings. The molecule has 0 aliphatic carbocycles. The van der Waals surface area contributed by atoms with E-state index in [0.29, 0.717) is 5.56 Å². The third-order valence-corrected chi connectivity index (χ3v) is 5.58. The highest BCUT2D eigenvalue weighted by Crippen LogP contribution is 2.37. The molecule has 2 aromatic carbocycles. The quantitative estimate of drug-likeness (QED) is 0.378. The SMILES string of the molecule is [2H]C([2H])([2H])c1c[n+](C)c(-n2c3ccccc3c3ccc(C(C)(C)C)c(C)c32)cc1C. The van der Waals surface area contributed by atoms with E-state index in [1.165, 1.54) is 27.4 Å². The van der Waals surface area contributed by atoms with E-state index >= 15 is 0 Å².